The van der Waals surface area contributed by atoms with E-state index in [2.05, 4.69) is 10.3 Å². The molecule has 0 aliphatic rings. The molecule has 0 aliphatic carbocycles. The summed E-state index contributed by atoms with van der Waals surface area (Å²) in [7, 11) is 1.81. The van der Waals surface area contributed by atoms with Gasteiger partial charge in [0.05, 0.1) is 23.1 Å². The van der Waals surface area contributed by atoms with Gasteiger partial charge in [-0.2, -0.15) is 13.2 Å². The van der Waals surface area contributed by atoms with Gasteiger partial charge in [-0.3, -0.25) is 0 Å². The number of nitrogens with zero attached hydrogens (tertiary/aromatic N) is 2. The summed E-state index contributed by atoms with van der Waals surface area (Å²) >= 11 is 0. The molecule has 0 spiro atoms. The Morgan fingerprint density at radius 2 is 2.00 bits per heavy atom. The van der Waals surface area contributed by atoms with Crippen LogP contribution in [0.15, 0.2) is 18.2 Å². The predicted molar refractivity (Wildman–Crippen MR) is 67.7 cm³/mol. The molecule has 104 valence electrons. The zero-order chi connectivity index (χ0) is 14.2. The number of fused-ring (bicyclic) bond motifs is 1. The van der Waals surface area contributed by atoms with Crippen molar-refractivity contribution in [1.82, 2.24) is 14.9 Å². The summed E-state index contributed by atoms with van der Waals surface area (Å²) in [6, 6.07) is 3.94. The smallest absolute Gasteiger partial charge is 0.330 e. The summed E-state index contributed by atoms with van der Waals surface area (Å²) in [5.41, 5.74) is 0.410. The van der Waals surface area contributed by atoms with Gasteiger partial charge in [-0.25, -0.2) is 4.98 Å². The average molecular weight is 271 g/mol. The minimum atomic E-state index is -4.33. The maximum atomic E-state index is 12.6. The van der Waals surface area contributed by atoms with Crippen LogP contribution in [-0.4, -0.2) is 15.6 Å². The first-order valence-electron chi connectivity index (χ1n) is 6.05. The van der Waals surface area contributed by atoms with E-state index >= 15 is 0 Å². The molecular weight excluding hydrogens is 255 g/mol. The van der Waals surface area contributed by atoms with Crippen LogP contribution in [0.4, 0.5) is 13.2 Å². The molecule has 0 atom stereocenters. The van der Waals surface area contributed by atoms with E-state index in [1.165, 1.54) is 6.07 Å². The molecule has 0 saturated heterocycles. The lowest BCUT2D eigenvalue weighted by Gasteiger charge is -2.07. The normalized spacial score (nSPS) is 12.6. The number of aryl methyl sites for hydroxylation is 1. The average Bonchev–Trinajstić information content (AvgIpc) is 2.62. The highest BCUT2D eigenvalue weighted by Gasteiger charge is 2.30. The predicted octanol–water partition coefficient (Wildman–Crippen LogP) is 3.09. The number of nitrogens with one attached hydrogen (secondary N) is 1. The lowest BCUT2D eigenvalue weighted by atomic mass is 10.2. The number of aromatic nitrogens is 2. The first-order chi connectivity index (χ1) is 8.79. The SMILES string of the molecule is CC(C)NCc1nc2cc(C(F)(F)F)ccc2n1C. The minimum absolute atomic E-state index is 0.297. The highest BCUT2D eigenvalue weighted by molar-refractivity contribution is 5.77. The summed E-state index contributed by atoms with van der Waals surface area (Å²) < 4.78 is 39.7. The number of alkyl halides is 3. The Labute approximate surface area is 109 Å². The summed E-state index contributed by atoms with van der Waals surface area (Å²) in [6.07, 6.45) is -4.33. The lowest BCUT2D eigenvalue weighted by Crippen LogP contribution is -2.23. The fourth-order valence-corrected chi connectivity index (χ4v) is 1.88. The van der Waals surface area contributed by atoms with E-state index in [4.69, 9.17) is 0 Å². The number of rotatable bonds is 3. The van der Waals surface area contributed by atoms with Crippen molar-refractivity contribution in [2.75, 3.05) is 0 Å². The second-order valence-corrected chi connectivity index (χ2v) is 4.82. The minimum Gasteiger partial charge on any atom is -0.330 e. The molecule has 0 saturated carbocycles. The van der Waals surface area contributed by atoms with Gasteiger partial charge in [0.25, 0.3) is 0 Å². The number of benzene rings is 1. The van der Waals surface area contributed by atoms with Crippen molar-refractivity contribution < 1.29 is 13.2 Å². The van der Waals surface area contributed by atoms with Gasteiger partial charge < -0.3 is 9.88 Å². The van der Waals surface area contributed by atoms with E-state index in [9.17, 15) is 13.2 Å². The van der Waals surface area contributed by atoms with Gasteiger partial charge in [-0.05, 0) is 18.2 Å². The Bertz CT molecular complexity index is 585. The maximum absolute atomic E-state index is 12.6. The van der Waals surface area contributed by atoms with Crippen LogP contribution in [0.3, 0.4) is 0 Å². The second kappa shape index (κ2) is 4.85. The molecule has 1 aromatic carbocycles. The van der Waals surface area contributed by atoms with Gasteiger partial charge in [-0.1, -0.05) is 13.8 Å². The van der Waals surface area contributed by atoms with Crippen molar-refractivity contribution in [3.8, 4) is 0 Å². The third kappa shape index (κ3) is 2.89. The Hall–Kier alpha value is -1.56. The first-order valence-corrected chi connectivity index (χ1v) is 6.05. The summed E-state index contributed by atoms with van der Waals surface area (Å²) in [6.45, 7) is 4.54. The molecule has 1 N–H and O–H groups in total. The Kier molecular flexibility index (Phi) is 3.54. The molecule has 2 aromatic rings. The third-order valence-electron chi connectivity index (χ3n) is 2.97. The topological polar surface area (TPSA) is 29.9 Å². The van der Waals surface area contributed by atoms with Crippen LogP contribution in [0.25, 0.3) is 11.0 Å². The van der Waals surface area contributed by atoms with Crippen molar-refractivity contribution in [3.63, 3.8) is 0 Å². The number of hydrogen-bond donors (Lipinski definition) is 1. The Balaban J connectivity index is 2.39. The fourth-order valence-electron chi connectivity index (χ4n) is 1.88. The molecule has 6 heteroatoms. The van der Waals surface area contributed by atoms with Gasteiger partial charge in [0.1, 0.15) is 5.82 Å². The van der Waals surface area contributed by atoms with Crippen molar-refractivity contribution in [1.29, 1.82) is 0 Å². The largest absolute Gasteiger partial charge is 0.416 e. The van der Waals surface area contributed by atoms with E-state index in [1.807, 2.05) is 18.4 Å². The molecule has 1 heterocycles. The molecule has 0 bridgehead atoms. The van der Waals surface area contributed by atoms with E-state index in [-0.39, 0.29) is 0 Å². The van der Waals surface area contributed by atoms with Crippen LogP contribution < -0.4 is 5.32 Å². The molecule has 0 fully saturated rings. The molecule has 0 unspecified atom stereocenters. The van der Waals surface area contributed by atoms with E-state index < -0.39 is 11.7 Å². The highest BCUT2D eigenvalue weighted by Crippen LogP contribution is 2.31. The van der Waals surface area contributed by atoms with E-state index in [1.54, 1.807) is 7.05 Å². The quantitative estimate of drug-likeness (QED) is 0.929. The van der Waals surface area contributed by atoms with Crippen LogP contribution in [0.5, 0.6) is 0 Å². The second-order valence-electron chi connectivity index (χ2n) is 4.82. The molecule has 2 rings (SSSR count). The fraction of sp³-hybridized carbons (Fsp3) is 0.462. The number of hydrogen-bond acceptors (Lipinski definition) is 2. The van der Waals surface area contributed by atoms with Gasteiger partial charge >= 0.3 is 6.18 Å². The van der Waals surface area contributed by atoms with E-state index in [0.29, 0.717) is 23.6 Å². The molecule has 19 heavy (non-hydrogen) atoms. The zero-order valence-electron chi connectivity index (χ0n) is 11.0. The number of halogens is 3. The molecular formula is C13H16F3N3. The van der Waals surface area contributed by atoms with Crippen molar-refractivity contribution in [2.45, 2.75) is 32.6 Å². The van der Waals surface area contributed by atoms with Crippen LogP contribution in [0, 0.1) is 0 Å². The maximum Gasteiger partial charge on any atom is 0.416 e. The Morgan fingerprint density at radius 3 is 2.58 bits per heavy atom. The Morgan fingerprint density at radius 1 is 1.32 bits per heavy atom. The van der Waals surface area contributed by atoms with Crippen LogP contribution in [-0.2, 0) is 19.8 Å². The first kappa shape index (κ1) is 13.9. The van der Waals surface area contributed by atoms with Crippen LogP contribution in [0.1, 0.15) is 25.2 Å². The molecule has 0 aliphatic heterocycles. The summed E-state index contributed by atoms with van der Waals surface area (Å²) in [4.78, 5) is 4.26. The van der Waals surface area contributed by atoms with Gasteiger partial charge in [0.15, 0.2) is 0 Å². The van der Waals surface area contributed by atoms with Crippen molar-refractivity contribution in [2.24, 2.45) is 7.05 Å². The van der Waals surface area contributed by atoms with Gasteiger partial charge in [0, 0.05) is 13.1 Å². The molecule has 0 radical (unpaired) electrons. The zero-order valence-corrected chi connectivity index (χ0v) is 11.0. The monoisotopic (exact) mass is 271 g/mol. The summed E-state index contributed by atoms with van der Waals surface area (Å²) in [5.74, 6) is 0.725. The van der Waals surface area contributed by atoms with Crippen LogP contribution >= 0.6 is 0 Å². The molecule has 0 amide bonds. The van der Waals surface area contributed by atoms with Crippen molar-refractivity contribution in [3.05, 3.63) is 29.6 Å². The molecule has 3 nitrogen and oxygen atoms in total. The lowest BCUT2D eigenvalue weighted by molar-refractivity contribution is -0.137. The van der Waals surface area contributed by atoms with E-state index in [0.717, 1.165) is 18.0 Å². The summed E-state index contributed by atoms with van der Waals surface area (Å²) in [5, 5.41) is 3.20. The van der Waals surface area contributed by atoms with Gasteiger partial charge in [-0.15, -0.1) is 0 Å². The third-order valence-corrected chi connectivity index (χ3v) is 2.97. The van der Waals surface area contributed by atoms with Crippen molar-refractivity contribution >= 4 is 11.0 Å². The molecule has 1 aromatic heterocycles. The highest BCUT2D eigenvalue weighted by atomic mass is 19.4. The number of imidazole rings is 1. The standard InChI is InChI=1S/C13H16F3N3/c1-8(2)17-7-12-18-10-6-9(13(14,15)16)4-5-11(10)19(12)3/h4-6,8,17H,7H2,1-3H3. The van der Waals surface area contributed by atoms with Crippen LogP contribution in [0.2, 0.25) is 0 Å². The van der Waals surface area contributed by atoms with Gasteiger partial charge in [0.2, 0.25) is 0 Å².